The molecular formula is C17H25N3O. The Bertz CT molecular complexity index is 497. The highest BCUT2D eigenvalue weighted by molar-refractivity contribution is 5.80. The van der Waals surface area contributed by atoms with E-state index in [1.54, 1.807) is 0 Å². The summed E-state index contributed by atoms with van der Waals surface area (Å²) in [6, 6.07) is 8.70. The molecule has 1 fully saturated rings. The number of benzene rings is 1. The molecule has 0 bridgehead atoms. The van der Waals surface area contributed by atoms with Crippen molar-refractivity contribution in [3.05, 3.63) is 29.8 Å². The van der Waals surface area contributed by atoms with Crippen molar-refractivity contribution in [2.75, 3.05) is 31.5 Å². The average Bonchev–Trinajstić information content (AvgIpc) is 3.06. The molecule has 2 aliphatic rings. The molecule has 0 aliphatic carbocycles. The molecule has 0 spiro atoms. The highest BCUT2D eigenvalue weighted by atomic mass is 16.1. The Morgan fingerprint density at radius 1 is 1.38 bits per heavy atom. The van der Waals surface area contributed by atoms with Gasteiger partial charge >= 0.3 is 0 Å². The number of anilines is 1. The van der Waals surface area contributed by atoms with Crippen LogP contribution in [0.3, 0.4) is 0 Å². The lowest BCUT2D eigenvalue weighted by Gasteiger charge is -2.27. The molecule has 0 saturated carbocycles. The lowest BCUT2D eigenvalue weighted by atomic mass is 9.93. The molecule has 2 aliphatic heterocycles. The molecule has 1 amide bonds. The minimum atomic E-state index is 0.0469. The van der Waals surface area contributed by atoms with Gasteiger partial charge < -0.3 is 10.6 Å². The molecule has 1 aromatic rings. The summed E-state index contributed by atoms with van der Waals surface area (Å²) in [6.07, 6.45) is 3.43. The predicted octanol–water partition coefficient (Wildman–Crippen LogP) is 1.87. The van der Waals surface area contributed by atoms with Crippen LogP contribution in [0.5, 0.6) is 0 Å². The molecular weight excluding hydrogens is 262 g/mol. The topological polar surface area (TPSA) is 44.4 Å². The van der Waals surface area contributed by atoms with Crippen LogP contribution in [-0.4, -0.2) is 43.0 Å². The number of carbonyl (C=O) groups is 1. The van der Waals surface area contributed by atoms with Crippen LogP contribution >= 0.6 is 0 Å². The second kappa shape index (κ2) is 6.48. The number of hydrogen-bond donors (Lipinski definition) is 2. The van der Waals surface area contributed by atoms with E-state index in [9.17, 15) is 4.79 Å². The summed E-state index contributed by atoms with van der Waals surface area (Å²) in [5.74, 6) is 0.230. The number of nitrogens with one attached hydrogen (secondary N) is 2. The number of fused-ring (bicyclic) bond motifs is 1. The molecule has 0 radical (unpaired) electrons. The third kappa shape index (κ3) is 3.38. The second-order valence-corrected chi connectivity index (χ2v) is 6.28. The van der Waals surface area contributed by atoms with Gasteiger partial charge in [-0.1, -0.05) is 18.2 Å². The van der Waals surface area contributed by atoms with Gasteiger partial charge in [0, 0.05) is 24.8 Å². The van der Waals surface area contributed by atoms with Crippen LogP contribution in [0, 0.1) is 5.92 Å². The maximum absolute atomic E-state index is 12.4. The van der Waals surface area contributed by atoms with Crippen LogP contribution in [0.25, 0.3) is 0 Å². The van der Waals surface area contributed by atoms with Crippen LogP contribution in [-0.2, 0) is 11.2 Å². The molecule has 1 aromatic carbocycles. The van der Waals surface area contributed by atoms with Gasteiger partial charge in [-0.05, 0) is 50.9 Å². The van der Waals surface area contributed by atoms with Gasteiger partial charge in [-0.15, -0.1) is 0 Å². The lowest BCUT2D eigenvalue weighted by Crippen LogP contribution is -2.44. The molecule has 4 nitrogen and oxygen atoms in total. The van der Waals surface area contributed by atoms with Crippen LogP contribution in [0.2, 0.25) is 0 Å². The van der Waals surface area contributed by atoms with E-state index in [0.717, 1.165) is 19.5 Å². The summed E-state index contributed by atoms with van der Waals surface area (Å²) in [4.78, 5) is 14.8. The zero-order valence-electron chi connectivity index (χ0n) is 12.8. The van der Waals surface area contributed by atoms with Crippen LogP contribution in [0.4, 0.5) is 5.69 Å². The van der Waals surface area contributed by atoms with Crippen molar-refractivity contribution >= 4 is 11.6 Å². The largest absolute Gasteiger partial charge is 0.384 e. The predicted molar refractivity (Wildman–Crippen MR) is 85.4 cm³/mol. The Balaban J connectivity index is 1.50. The van der Waals surface area contributed by atoms with Gasteiger partial charge in [-0.3, -0.25) is 9.69 Å². The quantitative estimate of drug-likeness (QED) is 0.888. The average molecular weight is 287 g/mol. The van der Waals surface area contributed by atoms with Crippen molar-refractivity contribution in [2.45, 2.75) is 32.2 Å². The molecule has 21 heavy (non-hydrogen) atoms. The number of amides is 1. The van der Waals surface area contributed by atoms with Gasteiger partial charge in [0.2, 0.25) is 5.91 Å². The molecule has 2 atom stereocenters. The highest BCUT2D eigenvalue weighted by Crippen LogP contribution is 2.24. The van der Waals surface area contributed by atoms with Crippen molar-refractivity contribution in [1.29, 1.82) is 0 Å². The van der Waals surface area contributed by atoms with Gasteiger partial charge in [-0.2, -0.15) is 0 Å². The molecule has 2 heterocycles. The molecule has 2 unspecified atom stereocenters. The Morgan fingerprint density at radius 2 is 2.14 bits per heavy atom. The Hall–Kier alpha value is -1.55. The van der Waals surface area contributed by atoms with E-state index < -0.39 is 0 Å². The van der Waals surface area contributed by atoms with Gasteiger partial charge in [0.05, 0.1) is 5.92 Å². The normalized spacial score (nSPS) is 23.2. The summed E-state index contributed by atoms with van der Waals surface area (Å²) >= 11 is 0. The standard InChI is InChI=1S/C17H25N3O/c1-13(20-8-4-5-9-20)11-19-17(21)15-10-14-6-2-3-7-16(14)18-12-15/h2-3,6-7,13,15,18H,4-5,8-12H2,1H3,(H,19,21). The third-order valence-corrected chi connectivity index (χ3v) is 4.73. The fourth-order valence-electron chi connectivity index (χ4n) is 3.33. The van der Waals surface area contributed by atoms with E-state index in [1.165, 1.54) is 37.2 Å². The van der Waals surface area contributed by atoms with E-state index >= 15 is 0 Å². The van der Waals surface area contributed by atoms with E-state index in [4.69, 9.17) is 0 Å². The van der Waals surface area contributed by atoms with Crippen LogP contribution in [0.1, 0.15) is 25.3 Å². The lowest BCUT2D eigenvalue weighted by molar-refractivity contribution is -0.124. The molecule has 1 saturated heterocycles. The fourth-order valence-corrected chi connectivity index (χ4v) is 3.33. The minimum Gasteiger partial charge on any atom is -0.384 e. The Morgan fingerprint density at radius 3 is 2.95 bits per heavy atom. The van der Waals surface area contributed by atoms with Crippen molar-refractivity contribution in [2.24, 2.45) is 5.92 Å². The van der Waals surface area contributed by atoms with E-state index in [0.29, 0.717) is 6.04 Å². The molecule has 3 rings (SSSR count). The number of para-hydroxylation sites is 1. The molecule has 114 valence electrons. The summed E-state index contributed by atoms with van der Waals surface area (Å²) in [5, 5.41) is 6.50. The number of nitrogens with zero attached hydrogens (tertiary/aromatic N) is 1. The number of likely N-dealkylation sites (tertiary alicyclic amines) is 1. The number of carbonyl (C=O) groups excluding carboxylic acids is 1. The molecule has 4 heteroatoms. The van der Waals surface area contributed by atoms with E-state index in [-0.39, 0.29) is 11.8 Å². The van der Waals surface area contributed by atoms with Crippen molar-refractivity contribution < 1.29 is 4.79 Å². The van der Waals surface area contributed by atoms with Gasteiger partial charge in [0.15, 0.2) is 0 Å². The summed E-state index contributed by atoms with van der Waals surface area (Å²) in [7, 11) is 0. The van der Waals surface area contributed by atoms with Crippen molar-refractivity contribution in [3.8, 4) is 0 Å². The first-order chi connectivity index (χ1) is 10.2. The van der Waals surface area contributed by atoms with Gasteiger partial charge in [0.1, 0.15) is 0 Å². The van der Waals surface area contributed by atoms with Crippen molar-refractivity contribution in [3.63, 3.8) is 0 Å². The Labute approximate surface area is 126 Å². The zero-order chi connectivity index (χ0) is 14.7. The van der Waals surface area contributed by atoms with Crippen molar-refractivity contribution in [1.82, 2.24) is 10.2 Å². The monoisotopic (exact) mass is 287 g/mol. The maximum atomic E-state index is 12.4. The zero-order valence-corrected chi connectivity index (χ0v) is 12.8. The van der Waals surface area contributed by atoms with E-state index in [2.05, 4.69) is 34.6 Å². The second-order valence-electron chi connectivity index (χ2n) is 6.28. The summed E-state index contributed by atoms with van der Waals surface area (Å²) < 4.78 is 0. The summed E-state index contributed by atoms with van der Waals surface area (Å²) in [6.45, 7) is 6.06. The first-order valence-electron chi connectivity index (χ1n) is 8.07. The first kappa shape index (κ1) is 14.4. The number of rotatable bonds is 4. The van der Waals surface area contributed by atoms with Gasteiger partial charge in [0.25, 0.3) is 0 Å². The molecule has 2 N–H and O–H groups in total. The first-order valence-corrected chi connectivity index (χ1v) is 8.07. The van der Waals surface area contributed by atoms with Crippen LogP contribution < -0.4 is 10.6 Å². The minimum absolute atomic E-state index is 0.0469. The van der Waals surface area contributed by atoms with Crippen LogP contribution in [0.15, 0.2) is 24.3 Å². The highest BCUT2D eigenvalue weighted by Gasteiger charge is 2.25. The number of hydrogen-bond acceptors (Lipinski definition) is 3. The van der Waals surface area contributed by atoms with E-state index in [1.807, 2.05) is 12.1 Å². The Kier molecular flexibility index (Phi) is 4.44. The SMILES string of the molecule is CC(CNC(=O)C1CNc2ccccc2C1)N1CCCC1. The summed E-state index contributed by atoms with van der Waals surface area (Å²) in [5.41, 5.74) is 2.42. The third-order valence-electron chi connectivity index (χ3n) is 4.73. The maximum Gasteiger partial charge on any atom is 0.225 e. The smallest absolute Gasteiger partial charge is 0.225 e. The fraction of sp³-hybridized carbons (Fsp3) is 0.588. The molecule has 0 aromatic heterocycles. The van der Waals surface area contributed by atoms with Gasteiger partial charge in [-0.25, -0.2) is 0 Å².